The van der Waals surface area contributed by atoms with E-state index < -0.39 is 0 Å². The van der Waals surface area contributed by atoms with Gasteiger partial charge in [-0.2, -0.15) is 0 Å². The van der Waals surface area contributed by atoms with Gasteiger partial charge in [-0.25, -0.2) is 0 Å². The molecule has 0 unspecified atom stereocenters. The van der Waals surface area contributed by atoms with Crippen LogP contribution in [-0.2, 0) is 0 Å². The molecule has 0 fully saturated rings. The van der Waals surface area contributed by atoms with E-state index >= 15 is 0 Å². The molecule has 4 heteroatoms. The second kappa shape index (κ2) is 6.83. The van der Waals surface area contributed by atoms with Gasteiger partial charge in [0.1, 0.15) is 12.4 Å². The van der Waals surface area contributed by atoms with Gasteiger partial charge in [-0.05, 0) is 42.8 Å². The Bertz CT molecular complexity index is 560. The summed E-state index contributed by atoms with van der Waals surface area (Å²) in [4.78, 5) is 0. The number of nitrogens with one attached hydrogen (secondary N) is 1. The van der Waals surface area contributed by atoms with Gasteiger partial charge in [0.05, 0.1) is 10.7 Å². The van der Waals surface area contributed by atoms with Crippen LogP contribution in [0.3, 0.4) is 0 Å². The van der Waals surface area contributed by atoms with Crippen LogP contribution in [0.25, 0.3) is 0 Å². The summed E-state index contributed by atoms with van der Waals surface area (Å²) in [5.74, 6) is 0.853. The van der Waals surface area contributed by atoms with Crippen molar-refractivity contribution < 1.29 is 4.74 Å². The summed E-state index contributed by atoms with van der Waals surface area (Å²) in [5, 5.41) is 3.99. The van der Waals surface area contributed by atoms with Gasteiger partial charge in [-0.15, -0.1) is 0 Å². The van der Waals surface area contributed by atoms with Crippen molar-refractivity contribution in [3.8, 4) is 5.75 Å². The average Bonchev–Trinajstić information content (AvgIpc) is 2.37. The van der Waals surface area contributed by atoms with E-state index in [2.05, 4.69) is 21.2 Å². The lowest BCUT2D eigenvalue weighted by molar-refractivity contribution is 0.332. The van der Waals surface area contributed by atoms with Crippen molar-refractivity contribution in [1.29, 1.82) is 0 Å². The number of ether oxygens (including phenoxy) is 1. The molecule has 0 aliphatic heterocycles. The summed E-state index contributed by atoms with van der Waals surface area (Å²) in [6.45, 7) is 3.31. The van der Waals surface area contributed by atoms with E-state index in [0.717, 1.165) is 26.5 Å². The molecule has 0 aliphatic rings. The van der Waals surface area contributed by atoms with Crippen LogP contribution in [0, 0.1) is 6.92 Å². The molecular weight excluding hydrogens is 326 g/mol. The first-order valence-electron chi connectivity index (χ1n) is 6.03. The summed E-state index contributed by atoms with van der Waals surface area (Å²) in [6, 6.07) is 13.8. The molecule has 2 aromatic rings. The predicted octanol–water partition coefficient (Wildman–Crippen LogP) is 4.90. The van der Waals surface area contributed by atoms with Crippen molar-refractivity contribution in [2.75, 3.05) is 18.5 Å². The molecule has 2 rings (SSSR count). The largest absolute Gasteiger partial charge is 0.492 e. The van der Waals surface area contributed by atoms with Gasteiger partial charge in [-0.1, -0.05) is 39.7 Å². The topological polar surface area (TPSA) is 21.3 Å². The number of anilines is 1. The maximum Gasteiger partial charge on any atom is 0.120 e. The summed E-state index contributed by atoms with van der Waals surface area (Å²) in [6.07, 6.45) is 0. The van der Waals surface area contributed by atoms with Gasteiger partial charge in [0, 0.05) is 11.0 Å². The zero-order valence-electron chi connectivity index (χ0n) is 10.6. The summed E-state index contributed by atoms with van der Waals surface area (Å²) < 4.78 is 6.65. The lowest BCUT2D eigenvalue weighted by Gasteiger charge is -2.10. The minimum atomic E-state index is 0.584. The van der Waals surface area contributed by atoms with E-state index in [-0.39, 0.29) is 0 Å². The normalized spacial score (nSPS) is 10.3. The molecule has 0 aliphatic carbocycles. The van der Waals surface area contributed by atoms with Crippen LogP contribution in [-0.4, -0.2) is 13.2 Å². The number of benzene rings is 2. The zero-order valence-corrected chi connectivity index (χ0v) is 13.0. The van der Waals surface area contributed by atoms with Crippen LogP contribution in [0.2, 0.25) is 5.02 Å². The number of halogens is 2. The highest BCUT2D eigenvalue weighted by molar-refractivity contribution is 9.10. The number of hydrogen-bond acceptors (Lipinski definition) is 2. The minimum absolute atomic E-state index is 0.584. The maximum absolute atomic E-state index is 6.14. The standard InChI is InChI=1S/C15H15BrClNO/c1-11-5-6-15(14(17)9-11)18-7-8-19-13-4-2-3-12(16)10-13/h2-6,9-10,18H,7-8H2,1H3. The molecule has 0 amide bonds. The van der Waals surface area contributed by atoms with Crippen LogP contribution >= 0.6 is 27.5 Å². The SMILES string of the molecule is Cc1ccc(NCCOc2cccc(Br)c2)c(Cl)c1. The molecule has 1 N–H and O–H groups in total. The fraction of sp³-hybridized carbons (Fsp3) is 0.200. The summed E-state index contributed by atoms with van der Waals surface area (Å²) in [5.41, 5.74) is 2.09. The van der Waals surface area contributed by atoms with Crippen molar-refractivity contribution >= 4 is 33.2 Å². The molecule has 19 heavy (non-hydrogen) atoms. The van der Waals surface area contributed by atoms with Crippen molar-refractivity contribution in [3.05, 3.63) is 57.5 Å². The van der Waals surface area contributed by atoms with Gasteiger partial charge in [0.15, 0.2) is 0 Å². The quantitative estimate of drug-likeness (QED) is 0.782. The van der Waals surface area contributed by atoms with E-state index in [0.29, 0.717) is 13.2 Å². The van der Waals surface area contributed by atoms with Gasteiger partial charge in [0.2, 0.25) is 0 Å². The first kappa shape index (κ1) is 14.2. The number of hydrogen-bond donors (Lipinski definition) is 1. The van der Waals surface area contributed by atoms with Crippen molar-refractivity contribution in [2.45, 2.75) is 6.92 Å². The fourth-order valence-corrected chi connectivity index (χ4v) is 2.36. The zero-order chi connectivity index (χ0) is 13.7. The van der Waals surface area contributed by atoms with Crippen LogP contribution in [0.1, 0.15) is 5.56 Å². The highest BCUT2D eigenvalue weighted by Crippen LogP contribution is 2.22. The minimum Gasteiger partial charge on any atom is -0.492 e. The highest BCUT2D eigenvalue weighted by atomic mass is 79.9. The average molecular weight is 341 g/mol. The van der Waals surface area contributed by atoms with Gasteiger partial charge in [0.25, 0.3) is 0 Å². The third-order valence-electron chi connectivity index (χ3n) is 2.61. The molecule has 0 heterocycles. The summed E-state index contributed by atoms with van der Waals surface area (Å²) >= 11 is 9.55. The fourth-order valence-electron chi connectivity index (χ4n) is 1.67. The monoisotopic (exact) mass is 339 g/mol. The first-order chi connectivity index (χ1) is 9.15. The molecule has 0 aromatic heterocycles. The Labute approximate surface area is 126 Å². The molecule has 0 radical (unpaired) electrons. The molecule has 0 spiro atoms. The Morgan fingerprint density at radius 2 is 2.05 bits per heavy atom. The Balaban J connectivity index is 1.81. The predicted molar refractivity (Wildman–Crippen MR) is 84.3 cm³/mol. The molecule has 2 nitrogen and oxygen atoms in total. The summed E-state index contributed by atoms with van der Waals surface area (Å²) in [7, 11) is 0. The Morgan fingerprint density at radius 1 is 1.21 bits per heavy atom. The van der Waals surface area contributed by atoms with E-state index in [4.69, 9.17) is 16.3 Å². The molecule has 0 saturated carbocycles. The first-order valence-corrected chi connectivity index (χ1v) is 7.20. The molecule has 0 bridgehead atoms. The van der Waals surface area contributed by atoms with Crippen LogP contribution < -0.4 is 10.1 Å². The Hall–Kier alpha value is -1.19. The smallest absolute Gasteiger partial charge is 0.120 e. The maximum atomic E-state index is 6.14. The van der Waals surface area contributed by atoms with Crippen LogP contribution in [0.4, 0.5) is 5.69 Å². The molecule has 0 atom stereocenters. The number of aryl methyl sites for hydroxylation is 1. The third-order valence-corrected chi connectivity index (χ3v) is 3.41. The van der Waals surface area contributed by atoms with E-state index in [1.54, 1.807) is 0 Å². The van der Waals surface area contributed by atoms with Gasteiger partial charge in [-0.3, -0.25) is 0 Å². The molecule has 0 saturated heterocycles. The van der Waals surface area contributed by atoms with E-state index in [9.17, 15) is 0 Å². The van der Waals surface area contributed by atoms with Gasteiger partial charge < -0.3 is 10.1 Å². The van der Waals surface area contributed by atoms with Crippen molar-refractivity contribution in [1.82, 2.24) is 0 Å². The molecule has 100 valence electrons. The van der Waals surface area contributed by atoms with E-state index in [1.165, 1.54) is 0 Å². The lowest BCUT2D eigenvalue weighted by Crippen LogP contribution is -2.11. The lowest BCUT2D eigenvalue weighted by atomic mass is 10.2. The van der Waals surface area contributed by atoms with Crippen LogP contribution in [0.15, 0.2) is 46.9 Å². The van der Waals surface area contributed by atoms with Gasteiger partial charge >= 0.3 is 0 Å². The van der Waals surface area contributed by atoms with E-state index in [1.807, 2.05) is 49.4 Å². The molecular formula is C15H15BrClNO. The highest BCUT2D eigenvalue weighted by Gasteiger charge is 2.00. The van der Waals surface area contributed by atoms with Crippen molar-refractivity contribution in [2.24, 2.45) is 0 Å². The molecule has 2 aromatic carbocycles. The second-order valence-corrected chi connectivity index (χ2v) is 5.54. The van der Waals surface area contributed by atoms with Crippen molar-refractivity contribution in [3.63, 3.8) is 0 Å². The van der Waals surface area contributed by atoms with Crippen LogP contribution in [0.5, 0.6) is 5.75 Å². The second-order valence-electron chi connectivity index (χ2n) is 4.22. The Morgan fingerprint density at radius 3 is 2.79 bits per heavy atom. The number of rotatable bonds is 5. The third kappa shape index (κ3) is 4.44. The Kier molecular flexibility index (Phi) is 5.11.